The van der Waals surface area contributed by atoms with Gasteiger partial charge in [0, 0.05) is 11.3 Å². The molecule has 0 fully saturated rings. The van der Waals surface area contributed by atoms with Gasteiger partial charge in [-0.25, -0.2) is 4.79 Å². The number of carbonyl (C=O) groups excluding carboxylic acids is 3. The van der Waals surface area contributed by atoms with Gasteiger partial charge in [0.15, 0.2) is 11.9 Å². The molecule has 0 radical (unpaired) electrons. The highest BCUT2D eigenvalue weighted by atomic mass is 16.5. The lowest BCUT2D eigenvalue weighted by Crippen LogP contribution is -2.26. The molecular formula is C18H22N2O5. The van der Waals surface area contributed by atoms with Crippen LogP contribution in [0.2, 0.25) is 0 Å². The van der Waals surface area contributed by atoms with Crippen LogP contribution in [-0.4, -0.2) is 33.8 Å². The van der Waals surface area contributed by atoms with Gasteiger partial charge < -0.3 is 14.2 Å². The van der Waals surface area contributed by atoms with Gasteiger partial charge in [0.1, 0.15) is 11.3 Å². The Balaban J connectivity index is 2.24. The summed E-state index contributed by atoms with van der Waals surface area (Å²) in [5, 5.41) is 3.81. The largest absolute Gasteiger partial charge is 0.450 e. The molecule has 134 valence electrons. The molecule has 0 bridgehead atoms. The second-order valence-electron chi connectivity index (χ2n) is 6.01. The summed E-state index contributed by atoms with van der Waals surface area (Å²) >= 11 is 0. The van der Waals surface area contributed by atoms with E-state index in [0.29, 0.717) is 34.7 Å². The minimum absolute atomic E-state index is 0.123. The smallest absolute Gasteiger partial charge is 0.344 e. The van der Waals surface area contributed by atoms with E-state index in [0.717, 1.165) is 0 Å². The van der Waals surface area contributed by atoms with Crippen LogP contribution in [0.5, 0.6) is 0 Å². The Kier molecular flexibility index (Phi) is 5.25. The highest BCUT2D eigenvalue weighted by molar-refractivity contribution is 6.05. The summed E-state index contributed by atoms with van der Waals surface area (Å²) in [5.41, 5.74) is 2.70. The molecule has 1 atom stereocenters. The molecule has 2 aromatic rings. The van der Waals surface area contributed by atoms with E-state index in [2.05, 4.69) is 10.1 Å². The van der Waals surface area contributed by atoms with Crippen molar-refractivity contribution < 1.29 is 23.6 Å². The van der Waals surface area contributed by atoms with Crippen molar-refractivity contribution in [2.24, 2.45) is 0 Å². The molecule has 0 saturated carbocycles. The lowest BCUT2D eigenvalue weighted by atomic mass is 10.0. The first kappa shape index (κ1) is 18.6. The number of aryl methyl sites for hydroxylation is 3. The van der Waals surface area contributed by atoms with Crippen LogP contribution in [0.25, 0.3) is 0 Å². The standard InChI is InChI=1S/C18H22N2O5/c1-7-13-15(11(5)25-20-13)18(23)24-12(6)17(22)16-8(2)14(10(4)21)9(3)19-16/h12,19H,7H2,1-6H3/t12-/m0/s1. The van der Waals surface area contributed by atoms with Crippen LogP contribution in [0, 0.1) is 20.8 Å². The van der Waals surface area contributed by atoms with Gasteiger partial charge in [0.2, 0.25) is 5.78 Å². The number of ether oxygens (including phenoxy) is 1. The molecule has 0 amide bonds. The van der Waals surface area contributed by atoms with Gasteiger partial charge >= 0.3 is 5.97 Å². The van der Waals surface area contributed by atoms with Gasteiger partial charge in [-0.1, -0.05) is 12.1 Å². The Labute approximate surface area is 145 Å². The highest BCUT2D eigenvalue weighted by Gasteiger charge is 2.28. The van der Waals surface area contributed by atoms with Crippen LogP contribution in [0.3, 0.4) is 0 Å². The topological polar surface area (TPSA) is 102 Å². The zero-order chi connectivity index (χ0) is 18.9. The Morgan fingerprint density at radius 2 is 1.84 bits per heavy atom. The second kappa shape index (κ2) is 7.04. The van der Waals surface area contributed by atoms with E-state index >= 15 is 0 Å². The first-order chi connectivity index (χ1) is 11.7. The zero-order valence-corrected chi connectivity index (χ0v) is 15.3. The Morgan fingerprint density at radius 3 is 2.36 bits per heavy atom. The molecule has 2 heterocycles. The summed E-state index contributed by atoms with van der Waals surface area (Å²) in [6, 6.07) is 0. The fourth-order valence-corrected chi connectivity index (χ4v) is 2.92. The van der Waals surface area contributed by atoms with Crippen LogP contribution in [0.15, 0.2) is 4.52 Å². The molecular weight excluding hydrogens is 324 g/mol. The summed E-state index contributed by atoms with van der Waals surface area (Å²) in [4.78, 5) is 39.6. The molecule has 0 aliphatic carbocycles. The molecule has 7 nitrogen and oxygen atoms in total. The third kappa shape index (κ3) is 3.40. The second-order valence-corrected chi connectivity index (χ2v) is 6.01. The fraction of sp³-hybridized carbons (Fsp3) is 0.444. The molecule has 2 rings (SSSR count). The summed E-state index contributed by atoms with van der Waals surface area (Å²) in [5.74, 6) is -0.812. The van der Waals surface area contributed by atoms with Crippen molar-refractivity contribution >= 4 is 17.5 Å². The maximum Gasteiger partial charge on any atom is 0.344 e. The van der Waals surface area contributed by atoms with E-state index in [4.69, 9.17) is 9.26 Å². The van der Waals surface area contributed by atoms with Crippen molar-refractivity contribution in [1.82, 2.24) is 10.1 Å². The number of ketones is 2. The lowest BCUT2D eigenvalue weighted by molar-refractivity contribution is 0.0314. The van der Waals surface area contributed by atoms with Gasteiger partial charge in [-0.3, -0.25) is 9.59 Å². The van der Waals surface area contributed by atoms with Crippen LogP contribution < -0.4 is 0 Å². The number of nitrogens with zero attached hydrogens (tertiary/aromatic N) is 1. The highest BCUT2D eigenvalue weighted by Crippen LogP contribution is 2.21. The van der Waals surface area contributed by atoms with Crippen LogP contribution >= 0.6 is 0 Å². The van der Waals surface area contributed by atoms with Crippen molar-refractivity contribution in [3.05, 3.63) is 39.5 Å². The molecule has 25 heavy (non-hydrogen) atoms. The number of rotatable bonds is 6. The summed E-state index contributed by atoms with van der Waals surface area (Å²) in [7, 11) is 0. The molecule has 2 aromatic heterocycles. The van der Waals surface area contributed by atoms with Gasteiger partial charge in [-0.2, -0.15) is 0 Å². The van der Waals surface area contributed by atoms with Crippen molar-refractivity contribution in [2.75, 3.05) is 0 Å². The number of aromatic amines is 1. The van der Waals surface area contributed by atoms with Crippen molar-refractivity contribution in [2.45, 2.75) is 54.1 Å². The van der Waals surface area contributed by atoms with E-state index in [1.165, 1.54) is 13.8 Å². The number of Topliss-reactive ketones (excluding diaryl/α,β-unsaturated/α-hetero) is 2. The number of carbonyl (C=O) groups is 3. The Hall–Kier alpha value is -2.70. The number of hydrogen-bond acceptors (Lipinski definition) is 6. The Bertz CT molecular complexity index is 844. The third-order valence-corrected chi connectivity index (χ3v) is 4.16. The summed E-state index contributed by atoms with van der Waals surface area (Å²) in [6.45, 7) is 9.83. The number of aromatic nitrogens is 2. The molecule has 0 aliphatic heterocycles. The van der Waals surface area contributed by atoms with E-state index in [9.17, 15) is 14.4 Å². The summed E-state index contributed by atoms with van der Waals surface area (Å²) < 4.78 is 10.3. The molecule has 0 spiro atoms. The van der Waals surface area contributed by atoms with Gasteiger partial charge in [-0.05, 0) is 46.6 Å². The van der Waals surface area contributed by atoms with Crippen LogP contribution in [0.1, 0.15) is 74.7 Å². The normalized spacial score (nSPS) is 12.1. The summed E-state index contributed by atoms with van der Waals surface area (Å²) in [6.07, 6.45) is -0.496. The quantitative estimate of drug-likeness (QED) is 0.637. The predicted molar refractivity (Wildman–Crippen MR) is 90.1 cm³/mol. The first-order valence-electron chi connectivity index (χ1n) is 8.09. The Morgan fingerprint density at radius 1 is 1.20 bits per heavy atom. The zero-order valence-electron chi connectivity index (χ0n) is 15.3. The molecule has 0 aromatic carbocycles. The SMILES string of the molecule is CCc1noc(C)c1C(=O)O[C@@H](C)C(=O)c1[nH]c(C)c(C(C)=O)c1C. The van der Waals surface area contributed by atoms with Gasteiger partial charge in [-0.15, -0.1) is 0 Å². The first-order valence-corrected chi connectivity index (χ1v) is 8.09. The van der Waals surface area contributed by atoms with E-state index < -0.39 is 17.9 Å². The minimum atomic E-state index is -1.01. The predicted octanol–water partition coefficient (Wildman–Crippen LogP) is 3.12. The maximum atomic E-state index is 12.6. The van der Waals surface area contributed by atoms with E-state index in [1.54, 1.807) is 20.8 Å². The van der Waals surface area contributed by atoms with E-state index in [-0.39, 0.29) is 17.0 Å². The average Bonchev–Trinajstić information content (AvgIpc) is 3.05. The third-order valence-electron chi connectivity index (χ3n) is 4.16. The van der Waals surface area contributed by atoms with E-state index in [1.807, 2.05) is 6.92 Å². The monoisotopic (exact) mass is 346 g/mol. The van der Waals surface area contributed by atoms with Gasteiger partial charge in [0.05, 0.1) is 11.4 Å². The number of nitrogens with one attached hydrogen (secondary N) is 1. The van der Waals surface area contributed by atoms with Gasteiger partial charge in [0.25, 0.3) is 0 Å². The van der Waals surface area contributed by atoms with Crippen LogP contribution in [-0.2, 0) is 11.2 Å². The number of H-pyrrole nitrogens is 1. The van der Waals surface area contributed by atoms with Crippen molar-refractivity contribution in [3.8, 4) is 0 Å². The minimum Gasteiger partial charge on any atom is -0.450 e. The van der Waals surface area contributed by atoms with Crippen molar-refractivity contribution in [1.29, 1.82) is 0 Å². The average molecular weight is 346 g/mol. The number of esters is 1. The molecule has 0 unspecified atom stereocenters. The fourth-order valence-electron chi connectivity index (χ4n) is 2.92. The molecule has 0 aliphatic rings. The molecule has 1 N–H and O–H groups in total. The molecule has 0 saturated heterocycles. The van der Waals surface area contributed by atoms with Crippen molar-refractivity contribution in [3.63, 3.8) is 0 Å². The lowest BCUT2D eigenvalue weighted by Gasteiger charge is -2.12. The van der Waals surface area contributed by atoms with Crippen LogP contribution in [0.4, 0.5) is 0 Å². The number of hydrogen-bond donors (Lipinski definition) is 1. The maximum absolute atomic E-state index is 12.6. The molecule has 7 heteroatoms.